The summed E-state index contributed by atoms with van der Waals surface area (Å²) in [5.41, 5.74) is -0.491. The summed E-state index contributed by atoms with van der Waals surface area (Å²) in [6.45, 7) is 6.60. The summed E-state index contributed by atoms with van der Waals surface area (Å²) in [5.74, 6) is 1.13. The van der Waals surface area contributed by atoms with Crippen molar-refractivity contribution >= 4 is 29.3 Å². The molecule has 0 aliphatic rings. The second-order valence-corrected chi connectivity index (χ2v) is 6.03. The van der Waals surface area contributed by atoms with Crippen molar-refractivity contribution in [3.05, 3.63) is 17.5 Å². The Labute approximate surface area is 133 Å². The number of nitrogens with zero attached hydrogens (tertiary/aromatic N) is 4. The molecule has 0 aliphatic carbocycles. The van der Waals surface area contributed by atoms with Gasteiger partial charge < -0.3 is 15.4 Å². The van der Waals surface area contributed by atoms with E-state index in [0.29, 0.717) is 29.8 Å². The SMILES string of the molecule is CC(C)(C)OC(=O)NCCCNc1cc(Cl)nc2ncnn12. The second kappa shape index (κ2) is 6.78. The topological polar surface area (TPSA) is 93.4 Å². The first-order valence-electron chi connectivity index (χ1n) is 6.92. The predicted octanol–water partition coefficient (Wildman–Crippen LogP) is 2.10. The summed E-state index contributed by atoms with van der Waals surface area (Å²) >= 11 is 5.92. The summed E-state index contributed by atoms with van der Waals surface area (Å²) < 4.78 is 6.71. The Balaban J connectivity index is 1.77. The van der Waals surface area contributed by atoms with Gasteiger partial charge in [-0.25, -0.2) is 4.79 Å². The minimum Gasteiger partial charge on any atom is -0.444 e. The van der Waals surface area contributed by atoms with Crippen LogP contribution >= 0.6 is 11.6 Å². The van der Waals surface area contributed by atoms with E-state index in [1.165, 1.54) is 6.33 Å². The molecule has 0 saturated heterocycles. The van der Waals surface area contributed by atoms with E-state index < -0.39 is 11.7 Å². The summed E-state index contributed by atoms with van der Waals surface area (Å²) in [6.07, 6.45) is 1.71. The highest BCUT2D eigenvalue weighted by molar-refractivity contribution is 6.29. The van der Waals surface area contributed by atoms with Crippen LogP contribution in [0.25, 0.3) is 5.78 Å². The Hall–Kier alpha value is -2.09. The lowest BCUT2D eigenvalue weighted by molar-refractivity contribution is 0.0528. The molecular formula is C13H19ClN6O2. The number of halogens is 1. The van der Waals surface area contributed by atoms with E-state index in [9.17, 15) is 4.79 Å². The van der Waals surface area contributed by atoms with Crippen LogP contribution in [0.15, 0.2) is 12.4 Å². The molecule has 0 fully saturated rings. The summed E-state index contributed by atoms with van der Waals surface area (Å²) in [5, 5.41) is 10.3. The third-order valence-electron chi connectivity index (χ3n) is 2.55. The molecule has 0 spiro atoms. The van der Waals surface area contributed by atoms with Crippen molar-refractivity contribution in [3.8, 4) is 0 Å². The van der Waals surface area contributed by atoms with Gasteiger partial charge in [-0.15, -0.1) is 0 Å². The van der Waals surface area contributed by atoms with Crippen LogP contribution in [0.2, 0.25) is 5.15 Å². The van der Waals surface area contributed by atoms with Gasteiger partial charge in [0.25, 0.3) is 5.78 Å². The molecule has 0 aliphatic heterocycles. The van der Waals surface area contributed by atoms with E-state index in [1.807, 2.05) is 20.8 Å². The number of carbonyl (C=O) groups is 1. The zero-order chi connectivity index (χ0) is 16.2. The van der Waals surface area contributed by atoms with Crippen molar-refractivity contribution in [3.63, 3.8) is 0 Å². The van der Waals surface area contributed by atoms with Crippen LogP contribution in [0.5, 0.6) is 0 Å². The van der Waals surface area contributed by atoms with Crippen LogP contribution in [0.1, 0.15) is 27.2 Å². The van der Waals surface area contributed by atoms with Crippen LogP contribution < -0.4 is 10.6 Å². The van der Waals surface area contributed by atoms with Gasteiger partial charge in [0.2, 0.25) is 0 Å². The number of rotatable bonds is 5. The van der Waals surface area contributed by atoms with Gasteiger partial charge in [0.15, 0.2) is 0 Å². The molecule has 0 unspecified atom stereocenters. The lowest BCUT2D eigenvalue weighted by Crippen LogP contribution is -2.33. The molecule has 22 heavy (non-hydrogen) atoms. The van der Waals surface area contributed by atoms with Crippen molar-refractivity contribution in [1.82, 2.24) is 24.9 Å². The first-order chi connectivity index (χ1) is 10.3. The Morgan fingerprint density at radius 2 is 2.18 bits per heavy atom. The smallest absolute Gasteiger partial charge is 0.407 e. The molecule has 1 amide bonds. The Morgan fingerprint density at radius 1 is 1.41 bits per heavy atom. The van der Waals surface area contributed by atoms with Gasteiger partial charge in [0, 0.05) is 19.2 Å². The summed E-state index contributed by atoms with van der Waals surface area (Å²) in [4.78, 5) is 19.5. The number of nitrogens with one attached hydrogen (secondary N) is 2. The number of aromatic nitrogens is 4. The molecular weight excluding hydrogens is 308 g/mol. The largest absolute Gasteiger partial charge is 0.444 e. The molecule has 0 bridgehead atoms. The molecule has 2 aromatic heterocycles. The summed E-state index contributed by atoms with van der Waals surface area (Å²) in [7, 11) is 0. The standard InChI is InChI=1S/C13H19ClN6O2/c1-13(2,3)22-12(21)16-6-4-5-15-10-7-9(14)19-11-17-8-18-20(10)11/h7-8,15H,4-6H2,1-3H3,(H,16,21). The van der Waals surface area contributed by atoms with Crippen molar-refractivity contribution in [2.75, 3.05) is 18.4 Å². The normalized spacial score (nSPS) is 11.5. The Bertz CT molecular complexity index is 652. The van der Waals surface area contributed by atoms with E-state index in [4.69, 9.17) is 16.3 Å². The first kappa shape index (κ1) is 16.3. The third kappa shape index (κ3) is 4.73. The molecule has 2 heterocycles. The van der Waals surface area contributed by atoms with Crippen LogP contribution in [0.4, 0.5) is 10.6 Å². The number of carbonyl (C=O) groups excluding carboxylic acids is 1. The van der Waals surface area contributed by atoms with Crippen molar-refractivity contribution < 1.29 is 9.53 Å². The quantitative estimate of drug-likeness (QED) is 0.645. The predicted molar refractivity (Wildman–Crippen MR) is 83.1 cm³/mol. The number of amides is 1. The Kier molecular flexibility index (Phi) is 5.02. The van der Waals surface area contributed by atoms with E-state index in [0.717, 1.165) is 6.42 Å². The molecule has 0 aromatic carbocycles. The molecule has 2 aromatic rings. The number of hydrogen-bond acceptors (Lipinski definition) is 6. The molecule has 0 atom stereocenters. The van der Waals surface area contributed by atoms with Crippen molar-refractivity contribution in [2.45, 2.75) is 32.8 Å². The fraction of sp³-hybridized carbons (Fsp3) is 0.538. The van der Waals surface area contributed by atoms with Gasteiger partial charge >= 0.3 is 6.09 Å². The minimum atomic E-state index is -0.491. The van der Waals surface area contributed by atoms with E-state index in [2.05, 4.69) is 25.7 Å². The fourth-order valence-electron chi connectivity index (χ4n) is 1.72. The van der Waals surface area contributed by atoms with Gasteiger partial charge in [0.05, 0.1) is 0 Å². The molecule has 8 nitrogen and oxygen atoms in total. The molecule has 0 radical (unpaired) electrons. The second-order valence-electron chi connectivity index (χ2n) is 5.64. The van der Waals surface area contributed by atoms with Gasteiger partial charge in [-0.3, -0.25) is 0 Å². The van der Waals surface area contributed by atoms with Gasteiger partial charge in [-0.2, -0.15) is 19.6 Å². The molecule has 0 saturated carbocycles. The average Bonchev–Trinajstić information content (AvgIpc) is 2.84. The highest BCUT2D eigenvalue weighted by atomic mass is 35.5. The zero-order valence-electron chi connectivity index (χ0n) is 12.8. The maximum absolute atomic E-state index is 11.5. The van der Waals surface area contributed by atoms with Crippen LogP contribution in [0, 0.1) is 0 Å². The number of ether oxygens (including phenoxy) is 1. The maximum Gasteiger partial charge on any atom is 0.407 e. The fourth-order valence-corrected chi connectivity index (χ4v) is 1.90. The van der Waals surface area contributed by atoms with Gasteiger partial charge in [0.1, 0.15) is 22.9 Å². The average molecular weight is 327 g/mol. The molecule has 2 rings (SSSR count). The Morgan fingerprint density at radius 3 is 2.91 bits per heavy atom. The van der Waals surface area contributed by atoms with E-state index in [1.54, 1.807) is 10.6 Å². The third-order valence-corrected chi connectivity index (χ3v) is 2.74. The number of fused-ring (bicyclic) bond motifs is 1. The molecule has 9 heteroatoms. The lowest BCUT2D eigenvalue weighted by atomic mass is 10.2. The minimum absolute atomic E-state index is 0.342. The van der Waals surface area contributed by atoms with Crippen LogP contribution in [0.3, 0.4) is 0 Å². The van der Waals surface area contributed by atoms with Gasteiger partial charge in [-0.05, 0) is 27.2 Å². The monoisotopic (exact) mass is 326 g/mol. The maximum atomic E-state index is 11.5. The first-order valence-corrected chi connectivity index (χ1v) is 7.30. The van der Waals surface area contributed by atoms with Crippen molar-refractivity contribution in [1.29, 1.82) is 0 Å². The van der Waals surface area contributed by atoms with Crippen LogP contribution in [-0.4, -0.2) is 44.4 Å². The highest BCUT2D eigenvalue weighted by Gasteiger charge is 2.15. The molecule has 2 N–H and O–H groups in total. The zero-order valence-corrected chi connectivity index (χ0v) is 13.5. The molecule has 120 valence electrons. The summed E-state index contributed by atoms with van der Waals surface area (Å²) in [6, 6.07) is 1.67. The van der Waals surface area contributed by atoms with Crippen molar-refractivity contribution in [2.24, 2.45) is 0 Å². The highest BCUT2D eigenvalue weighted by Crippen LogP contribution is 2.14. The number of hydrogen-bond donors (Lipinski definition) is 2. The van der Waals surface area contributed by atoms with Crippen LogP contribution in [-0.2, 0) is 4.74 Å². The number of alkyl carbamates (subject to hydrolysis) is 1. The van der Waals surface area contributed by atoms with Gasteiger partial charge in [-0.1, -0.05) is 11.6 Å². The van der Waals surface area contributed by atoms with E-state index in [-0.39, 0.29) is 0 Å². The van der Waals surface area contributed by atoms with E-state index >= 15 is 0 Å². The lowest BCUT2D eigenvalue weighted by Gasteiger charge is -2.19. The number of anilines is 1.